The average molecular weight is 286 g/mol. The molecule has 0 rings (SSSR count). The number of hydrogen-bond acceptors (Lipinski definition) is 6. The molecule has 20 heavy (non-hydrogen) atoms. The summed E-state index contributed by atoms with van der Waals surface area (Å²) < 4.78 is 9.89. The van der Waals surface area contributed by atoms with Gasteiger partial charge in [-0.3, -0.25) is 19.2 Å². The Kier molecular flexibility index (Phi) is 9.24. The Hall–Kier alpha value is -1.72. The van der Waals surface area contributed by atoms with E-state index in [1.165, 1.54) is 13.8 Å². The fraction of sp³-hybridized carbons (Fsp3) is 0.714. The summed E-state index contributed by atoms with van der Waals surface area (Å²) in [6.45, 7) is 4.56. The number of ketones is 2. The normalized spacial score (nSPS) is 10.2. The highest BCUT2D eigenvalue weighted by atomic mass is 16.7. The van der Waals surface area contributed by atoms with Crippen LogP contribution in [-0.2, 0) is 28.7 Å². The van der Waals surface area contributed by atoms with Gasteiger partial charge in [0.25, 0.3) is 0 Å². The fourth-order valence-corrected chi connectivity index (χ4v) is 1.49. The lowest BCUT2D eigenvalue weighted by molar-refractivity contribution is -0.188. The van der Waals surface area contributed by atoms with Gasteiger partial charge in [0.15, 0.2) is 0 Å². The molecule has 0 aliphatic carbocycles. The molecule has 6 nitrogen and oxygen atoms in total. The first-order valence-electron chi connectivity index (χ1n) is 6.73. The Morgan fingerprint density at radius 1 is 0.850 bits per heavy atom. The second-order valence-electron chi connectivity index (χ2n) is 4.66. The number of carbonyl (C=O) groups excluding carboxylic acids is 4. The maximum Gasteiger partial charge on any atom is 0.316 e. The summed E-state index contributed by atoms with van der Waals surface area (Å²) in [5.41, 5.74) is 0. The highest BCUT2D eigenvalue weighted by Crippen LogP contribution is 2.11. The molecule has 0 aliphatic heterocycles. The summed E-state index contributed by atoms with van der Waals surface area (Å²) in [5.74, 6) is -2.10. The van der Waals surface area contributed by atoms with E-state index in [9.17, 15) is 19.2 Å². The minimum absolute atomic E-state index is 0.322. The van der Waals surface area contributed by atoms with Crippen LogP contribution in [0.25, 0.3) is 0 Å². The minimum atomic E-state index is -1.03. The van der Waals surface area contributed by atoms with Crippen molar-refractivity contribution in [3.05, 3.63) is 0 Å². The third kappa shape index (κ3) is 10.2. The predicted molar refractivity (Wildman–Crippen MR) is 70.7 cm³/mol. The standard InChI is InChI=1S/C14H22O6/c1-4-5-6-7-14(19-12(17)8-10(2)15)20-13(18)9-11(3)16/h14H,4-9H2,1-3H3. The predicted octanol–water partition coefficient (Wildman–Crippen LogP) is 1.94. The van der Waals surface area contributed by atoms with E-state index in [1.54, 1.807) is 0 Å². The molecule has 0 aromatic rings. The molecule has 0 saturated heterocycles. The molecular formula is C14H22O6. The van der Waals surface area contributed by atoms with Crippen molar-refractivity contribution in [2.24, 2.45) is 0 Å². The maximum absolute atomic E-state index is 11.4. The van der Waals surface area contributed by atoms with Crippen LogP contribution in [-0.4, -0.2) is 29.8 Å². The van der Waals surface area contributed by atoms with E-state index >= 15 is 0 Å². The summed E-state index contributed by atoms with van der Waals surface area (Å²) in [5, 5.41) is 0. The number of Topliss-reactive ketones (excluding diaryl/α,β-unsaturated/α-hetero) is 2. The Morgan fingerprint density at radius 2 is 1.30 bits per heavy atom. The van der Waals surface area contributed by atoms with Gasteiger partial charge in [0.05, 0.1) is 0 Å². The lowest BCUT2D eigenvalue weighted by atomic mass is 10.2. The molecule has 0 radical (unpaired) electrons. The van der Waals surface area contributed by atoms with Gasteiger partial charge in [0, 0.05) is 6.42 Å². The SMILES string of the molecule is CCCCCC(OC(=O)CC(C)=O)OC(=O)CC(C)=O. The topological polar surface area (TPSA) is 86.7 Å². The minimum Gasteiger partial charge on any atom is -0.425 e. The summed E-state index contributed by atoms with van der Waals surface area (Å²) >= 11 is 0. The highest BCUT2D eigenvalue weighted by Gasteiger charge is 2.20. The molecule has 0 heterocycles. The summed E-state index contributed by atoms with van der Waals surface area (Å²) in [6.07, 6.45) is 1.23. The maximum atomic E-state index is 11.4. The monoisotopic (exact) mass is 286 g/mol. The van der Waals surface area contributed by atoms with Gasteiger partial charge in [-0.25, -0.2) is 0 Å². The van der Waals surface area contributed by atoms with Crippen LogP contribution in [0.4, 0.5) is 0 Å². The zero-order valence-electron chi connectivity index (χ0n) is 12.3. The Balaban J connectivity index is 4.39. The van der Waals surface area contributed by atoms with E-state index in [4.69, 9.17) is 9.47 Å². The molecule has 0 saturated carbocycles. The van der Waals surface area contributed by atoms with Gasteiger partial charge < -0.3 is 9.47 Å². The van der Waals surface area contributed by atoms with E-state index in [1.807, 2.05) is 6.92 Å². The Morgan fingerprint density at radius 3 is 1.65 bits per heavy atom. The number of hydrogen-bond donors (Lipinski definition) is 0. The second-order valence-corrected chi connectivity index (χ2v) is 4.66. The number of unbranched alkanes of at least 4 members (excludes halogenated alkanes) is 2. The molecule has 0 aromatic carbocycles. The molecule has 6 heteroatoms. The van der Waals surface area contributed by atoms with Crippen LogP contribution in [0.15, 0.2) is 0 Å². The van der Waals surface area contributed by atoms with Crippen molar-refractivity contribution in [2.45, 2.75) is 65.6 Å². The van der Waals surface area contributed by atoms with Crippen LogP contribution in [0.2, 0.25) is 0 Å². The van der Waals surface area contributed by atoms with E-state index in [0.717, 1.165) is 19.3 Å². The largest absolute Gasteiger partial charge is 0.425 e. The number of esters is 2. The molecule has 0 spiro atoms. The van der Waals surface area contributed by atoms with Crippen LogP contribution in [0, 0.1) is 0 Å². The summed E-state index contributed by atoms with van der Waals surface area (Å²) in [6, 6.07) is 0. The molecule has 114 valence electrons. The van der Waals surface area contributed by atoms with Gasteiger partial charge in [-0.2, -0.15) is 0 Å². The highest BCUT2D eigenvalue weighted by molar-refractivity contribution is 5.95. The lowest BCUT2D eigenvalue weighted by Gasteiger charge is -2.17. The van der Waals surface area contributed by atoms with E-state index in [-0.39, 0.29) is 24.4 Å². The first-order chi connectivity index (χ1) is 9.35. The van der Waals surface area contributed by atoms with Crippen molar-refractivity contribution < 1.29 is 28.7 Å². The number of carbonyl (C=O) groups is 4. The van der Waals surface area contributed by atoms with Crippen LogP contribution in [0.5, 0.6) is 0 Å². The molecule has 0 unspecified atom stereocenters. The van der Waals surface area contributed by atoms with Crippen molar-refractivity contribution in [3.8, 4) is 0 Å². The van der Waals surface area contributed by atoms with Gasteiger partial charge in [-0.05, 0) is 20.3 Å². The lowest BCUT2D eigenvalue weighted by Crippen LogP contribution is -2.26. The van der Waals surface area contributed by atoms with Crippen LogP contribution >= 0.6 is 0 Å². The van der Waals surface area contributed by atoms with Crippen molar-refractivity contribution in [1.29, 1.82) is 0 Å². The van der Waals surface area contributed by atoms with Crippen LogP contribution in [0.3, 0.4) is 0 Å². The average Bonchev–Trinajstić information content (AvgIpc) is 2.26. The smallest absolute Gasteiger partial charge is 0.316 e. The van der Waals surface area contributed by atoms with Crippen LogP contribution < -0.4 is 0 Å². The fourth-order valence-electron chi connectivity index (χ4n) is 1.49. The first-order valence-corrected chi connectivity index (χ1v) is 6.73. The molecular weight excluding hydrogens is 264 g/mol. The Labute approximate surface area is 118 Å². The zero-order chi connectivity index (χ0) is 15.5. The van der Waals surface area contributed by atoms with E-state index < -0.39 is 18.2 Å². The quantitative estimate of drug-likeness (QED) is 0.264. The van der Waals surface area contributed by atoms with Crippen molar-refractivity contribution >= 4 is 23.5 Å². The zero-order valence-corrected chi connectivity index (χ0v) is 12.3. The molecule has 0 N–H and O–H groups in total. The van der Waals surface area contributed by atoms with Gasteiger partial charge in [0.1, 0.15) is 24.4 Å². The van der Waals surface area contributed by atoms with Gasteiger partial charge in [-0.1, -0.05) is 19.8 Å². The molecule has 0 aromatic heterocycles. The third-order valence-electron chi connectivity index (χ3n) is 2.36. The molecule has 0 aliphatic rings. The first kappa shape index (κ1) is 18.3. The van der Waals surface area contributed by atoms with E-state index in [2.05, 4.69) is 0 Å². The van der Waals surface area contributed by atoms with Gasteiger partial charge >= 0.3 is 11.9 Å². The van der Waals surface area contributed by atoms with Crippen molar-refractivity contribution in [2.75, 3.05) is 0 Å². The second kappa shape index (κ2) is 10.1. The summed E-state index contributed by atoms with van der Waals surface area (Å²) in [7, 11) is 0. The summed E-state index contributed by atoms with van der Waals surface area (Å²) in [4.78, 5) is 44.4. The number of ether oxygens (including phenoxy) is 2. The van der Waals surface area contributed by atoms with Gasteiger partial charge in [-0.15, -0.1) is 0 Å². The van der Waals surface area contributed by atoms with Crippen LogP contribution in [0.1, 0.15) is 59.3 Å². The Bertz CT molecular complexity index is 331. The van der Waals surface area contributed by atoms with Gasteiger partial charge in [0.2, 0.25) is 6.29 Å². The van der Waals surface area contributed by atoms with Crippen molar-refractivity contribution in [3.63, 3.8) is 0 Å². The molecule has 0 atom stereocenters. The molecule has 0 bridgehead atoms. The molecule has 0 amide bonds. The third-order valence-corrected chi connectivity index (χ3v) is 2.36. The molecule has 0 fully saturated rings. The van der Waals surface area contributed by atoms with Crippen molar-refractivity contribution in [1.82, 2.24) is 0 Å². The number of rotatable bonds is 10. The van der Waals surface area contributed by atoms with E-state index in [0.29, 0.717) is 6.42 Å².